The van der Waals surface area contributed by atoms with Crippen LogP contribution in [0.2, 0.25) is 0 Å². The van der Waals surface area contributed by atoms with Gasteiger partial charge in [0.25, 0.3) is 0 Å². The Kier molecular flexibility index (Phi) is 4.56. The molecule has 0 fully saturated rings. The van der Waals surface area contributed by atoms with E-state index in [9.17, 15) is 9.59 Å². The van der Waals surface area contributed by atoms with Gasteiger partial charge in [-0.1, -0.05) is 24.3 Å². The molecule has 0 aromatic heterocycles. The van der Waals surface area contributed by atoms with Crippen molar-refractivity contribution in [3.05, 3.63) is 70.9 Å². The Bertz CT molecular complexity index is 927. The zero-order valence-corrected chi connectivity index (χ0v) is 15.7. The molecule has 138 valence electrons. The molecular formula is C23H23NO3. The number of Topliss-reactive ketones (excluding diaryl/α,β-unsaturated/α-hetero) is 1. The topological polar surface area (TPSA) is 46.6 Å². The lowest BCUT2D eigenvalue weighted by Crippen LogP contribution is -2.40. The zero-order valence-electron chi connectivity index (χ0n) is 15.7. The Morgan fingerprint density at radius 3 is 2.52 bits per heavy atom. The molecular weight excluding hydrogens is 338 g/mol. The van der Waals surface area contributed by atoms with Gasteiger partial charge in [0.15, 0.2) is 5.78 Å². The van der Waals surface area contributed by atoms with Gasteiger partial charge in [0.05, 0.1) is 7.11 Å². The minimum Gasteiger partial charge on any atom is -0.497 e. The molecule has 1 heterocycles. The van der Waals surface area contributed by atoms with Crippen LogP contribution < -0.4 is 9.64 Å². The molecule has 1 aliphatic heterocycles. The summed E-state index contributed by atoms with van der Waals surface area (Å²) in [4.78, 5) is 27.8. The van der Waals surface area contributed by atoms with Crippen molar-refractivity contribution in [2.24, 2.45) is 0 Å². The number of rotatable bonds is 3. The fourth-order valence-corrected chi connectivity index (χ4v) is 4.18. The van der Waals surface area contributed by atoms with Crippen LogP contribution in [0.3, 0.4) is 0 Å². The monoisotopic (exact) mass is 361 g/mol. The van der Waals surface area contributed by atoms with Crippen LogP contribution in [-0.2, 0) is 9.59 Å². The Morgan fingerprint density at radius 2 is 1.81 bits per heavy atom. The number of ketones is 1. The first-order valence-corrected chi connectivity index (χ1v) is 9.38. The quantitative estimate of drug-likeness (QED) is 0.807. The molecule has 4 rings (SSSR count). The maximum absolute atomic E-state index is 13.1. The number of anilines is 1. The van der Waals surface area contributed by atoms with E-state index in [4.69, 9.17) is 4.74 Å². The summed E-state index contributed by atoms with van der Waals surface area (Å²) in [5.74, 6) is 0.816. The summed E-state index contributed by atoms with van der Waals surface area (Å²) in [7, 11) is 1.63. The van der Waals surface area contributed by atoms with Crippen LogP contribution in [0, 0.1) is 6.92 Å². The van der Waals surface area contributed by atoms with Gasteiger partial charge in [-0.25, -0.2) is 0 Å². The Morgan fingerprint density at radius 1 is 1.04 bits per heavy atom. The fourth-order valence-electron chi connectivity index (χ4n) is 4.18. The van der Waals surface area contributed by atoms with Crippen molar-refractivity contribution < 1.29 is 14.3 Å². The Labute approximate surface area is 159 Å². The van der Waals surface area contributed by atoms with E-state index in [-0.39, 0.29) is 17.6 Å². The zero-order chi connectivity index (χ0) is 19.0. The molecule has 1 amide bonds. The van der Waals surface area contributed by atoms with Crippen molar-refractivity contribution >= 4 is 17.4 Å². The third-order valence-electron chi connectivity index (χ3n) is 5.45. The number of amides is 1. The molecule has 0 bridgehead atoms. The lowest BCUT2D eigenvalue weighted by molar-refractivity contribution is -0.119. The molecule has 4 nitrogen and oxygen atoms in total. The van der Waals surface area contributed by atoms with E-state index in [1.807, 2.05) is 55.5 Å². The van der Waals surface area contributed by atoms with Crippen molar-refractivity contribution in [2.45, 2.75) is 38.5 Å². The largest absolute Gasteiger partial charge is 0.497 e. The van der Waals surface area contributed by atoms with Gasteiger partial charge in [-0.3, -0.25) is 14.5 Å². The number of carbonyl (C=O) groups excluding carboxylic acids is 2. The van der Waals surface area contributed by atoms with E-state index < -0.39 is 0 Å². The van der Waals surface area contributed by atoms with Crippen LogP contribution in [0.5, 0.6) is 5.75 Å². The number of allylic oxidation sites excluding steroid dienone is 2. The smallest absolute Gasteiger partial charge is 0.232 e. The summed E-state index contributed by atoms with van der Waals surface area (Å²) in [6.45, 7) is 2.01. The van der Waals surface area contributed by atoms with Crippen molar-refractivity contribution in [3.8, 4) is 5.75 Å². The van der Waals surface area contributed by atoms with Crippen molar-refractivity contribution in [1.82, 2.24) is 0 Å². The third-order valence-corrected chi connectivity index (χ3v) is 5.45. The van der Waals surface area contributed by atoms with Gasteiger partial charge in [-0.05, 0) is 55.2 Å². The van der Waals surface area contributed by atoms with E-state index in [0.717, 1.165) is 46.7 Å². The first kappa shape index (κ1) is 17.5. The second-order valence-electron chi connectivity index (χ2n) is 7.24. The molecule has 27 heavy (non-hydrogen) atoms. The molecule has 2 aromatic carbocycles. The Hall–Kier alpha value is -2.88. The molecule has 0 saturated carbocycles. The molecule has 1 unspecified atom stereocenters. The van der Waals surface area contributed by atoms with E-state index >= 15 is 0 Å². The summed E-state index contributed by atoms with van der Waals surface area (Å²) in [6.07, 6.45) is 2.42. The second kappa shape index (κ2) is 7.03. The van der Waals surface area contributed by atoms with E-state index in [0.29, 0.717) is 12.8 Å². The highest BCUT2D eigenvalue weighted by atomic mass is 16.5. The highest BCUT2D eigenvalue weighted by molar-refractivity contribution is 6.07. The van der Waals surface area contributed by atoms with Gasteiger partial charge < -0.3 is 4.74 Å². The number of hydrogen-bond acceptors (Lipinski definition) is 3. The first-order chi connectivity index (χ1) is 13.1. The molecule has 1 aliphatic carbocycles. The van der Waals surface area contributed by atoms with Crippen LogP contribution in [0.25, 0.3) is 0 Å². The van der Waals surface area contributed by atoms with Crippen molar-refractivity contribution in [1.29, 1.82) is 0 Å². The van der Waals surface area contributed by atoms with Crippen molar-refractivity contribution in [3.63, 3.8) is 0 Å². The molecule has 0 radical (unpaired) electrons. The number of aryl methyl sites for hydroxylation is 1. The average Bonchev–Trinajstić information content (AvgIpc) is 2.67. The lowest BCUT2D eigenvalue weighted by atomic mass is 9.77. The SMILES string of the molecule is COc1ccc(C2CC(=O)N(c3cccc(C)c3)C3=C2C(=O)CCC3)cc1. The molecule has 2 aromatic rings. The number of carbonyl (C=O) groups is 2. The maximum atomic E-state index is 13.1. The van der Waals surface area contributed by atoms with E-state index in [1.54, 1.807) is 12.0 Å². The fraction of sp³-hybridized carbons (Fsp3) is 0.304. The van der Waals surface area contributed by atoms with Gasteiger partial charge >= 0.3 is 0 Å². The molecule has 0 saturated heterocycles. The number of methoxy groups -OCH3 is 1. The van der Waals surface area contributed by atoms with Gasteiger partial charge in [-0.2, -0.15) is 0 Å². The van der Waals surface area contributed by atoms with Crippen LogP contribution in [0.4, 0.5) is 5.69 Å². The van der Waals surface area contributed by atoms with Gasteiger partial charge in [0, 0.05) is 35.7 Å². The third kappa shape index (κ3) is 3.16. The maximum Gasteiger partial charge on any atom is 0.232 e. The minimum absolute atomic E-state index is 0.0508. The second-order valence-corrected chi connectivity index (χ2v) is 7.24. The highest BCUT2D eigenvalue weighted by Gasteiger charge is 2.39. The molecule has 4 heteroatoms. The predicted molar refractivity (Wildman–Crippen MR) is 105 cm³/mol. The van der Waals surface area contributed by atoms with Gasteiger partial charge in [0.2, 0.25) is 5.91 Å². The van der Waals surface area contributed by atoms with Gasteiger partial charge in [0.1, 0.15) is 5.75 Å². The van der Waals surface area contributed by atoms with Crippen LogP contribution in [0.15, 0.2) is 59.8 Å². The lowest BCUT2D eigenvalue weighted by Gasteiger charge is -2.38. The normalized spacial score (nSPS) is 19.9. The average molecular weight is 361 g/mol. The highest BCUT2D eigenvalue weighted by Crippen LogP contribution is 2.43. The number of nitrogens with zero attached hydrogens (tertiary/aromatic N) is 1. The van der Waals surface area contributed by atoms with E-state index in [1.165, 1.54) is 0 Å². The van der Waals surface area contributed by atoms with Gasteiger partial charge in [-0.15, -0.1) is 0 Å². The standard InChI is InChI=1S/C23H23NO3/c1-15-5-3-6-17(13-15)24-20-7-4-8-21(25)23(20)19(14-22(24)26)16-9-11-18(27-2)12-10-16/h3,5-6,9-13,19H,4,7-8,14H2,1-2H3. The molecule has 1 atom stereocenters. The van der Waals surface area contributed by atoms with Crippen LogP contribution >= 0.6 is 0 Å². The summed E-state index contributed by atoms with van der Waals surface area (Å²) in [5, 5.41) is 0. The summed E-state index contributed by atoms with van der Waals surface area (Å²) in [6, 6.07) is 15.6. The van der Waals surface area contributed by atoms with Crippen molar-refractivity contribution in [2.75, 3.05) is 12.0 Å². The summed E-state index contributed by atoms with van der Waals surface area (Å²) < 4.78 is 5.24. The minimum atomic E-state index is -0.174. The predicted octanol–water partition coefficient (Wildman–Crippen LogP) is 4.53. The van der Waals surface area contributed by atoms with Crippen LogP contribution in [0.1, 0.15) is 42.7 Å². The summed E-state index contributed by atoms with van der Waals surface area (Å²) >= 11 is 0. The number of ether oxygens (including phenoxy) is 1. The molecule has 0 N–H and O–H groups in total. The number of benzene rings is 2. The first-order valence-electron chi connectivity index (χ1n) is 9.38. The molecule has 0 spiro atoms. The Balaban J connectivity index is 1.82. The van der Waals surface area contributed by atoms with E-state index in [2.05, 4.69) is 0 Å². The number of hydrogen-bond donors (Lipinski definition) is 0. The summed E-state index contributed by atoms with van der Waals surface area (Å²) in [5.41, 5.74) is 4.65. The molecule has 2 aliphatic rings. The van der Waals surface area contributed by atoms with Crippen LogP contribution in [-0.4, -0.2) is 18.8 Å².